The van der Waals surface area contributed by atoms with Crippen molar-refractivity contribution in [3.63, 3.8) is 0 Å². The molecule has 1 heterocycles. The second-order valence-electron chi connectivity index (χ2n) is 7.29. The van der Waals surface area contributed by atoms with E-state index in [1.807, 2.05) is 19.9 Å². The van der Waals surface area contributed by atoms with Crippen LogP contribution < -0.4 is 4.74 Å². The number of nitrogens with zero attached hydrogens (tertiary/aromatic N) is 2. The first-order valence-electron chi connectivity index (χ1n) is 9.45. The number of allylic oxidation sites excluding steroid dienone is 1. The highest BCUT2D eigenvalue weighted by atomic mass is 32.2. The van der Waals surface area contributed by atoms with Gasteiger partial charge in [0.15, 0.2) is 9.84 Å². The molecule has 158 valence electrons. The van der Waals surface area contributed by atoms with Crippen molar-refractivity contribution in [3.8, 4) is 34.1 Å². The zero-order valence-corrected chi connectivity index (χ0v) is 18.2. The standard InChI is InChI=1S/C24H21FN2O3S/c1-16(2)8-9-30-23-12-21(31(3,28)29)11-22(18-4-6-20(25)7-5-18)24(23)19-10-17(13-26)14-27-15-19/h4-8,10-12,14-15H,9H2,1-3H3. The minimum Gasteiger partial charge on any atom is -0.489 e. The Hall–Kier alpha value is -3.50. The van der Waals surface area contributed by atoms with Crippen LogP contribution >= 0.6 is 0 Å². The van der Waals surface area contributed by atoms with Crippen molar-refractivity contribution < 1.29 is 17.5 Å². The average Bonchev–Trinajstić information content (AvgIpc) is 2.73. The number of halogens is 1. The van der Waals surface area contributed by atoms with E-state index >= 15 is 0 Å². The zero-order valence-electron chi connectivity index (χ0n) is 17.4. The summed E-state index contributed by atoms with van der Waals surface area (Å²) in [7, 11) is -3.55. The van der Waals surface area contributed by atoms with Crippen LogP contribution in [0.2, 0.25) is 0 Å². The number of aromatic nitrogens is 1. The Bertz CT molecular complexity index is 1290. The topological polar surface area (TPSA) is 80.1 Å². The summed E-state index contributed by atoms with van der Waals surface area (Å²) >= 11 is 0. The molecule has 0 bridgehead atoms. The van der Waals surface area contributed by atoms with Gasteiger partial charge in [-0.2, -0.15) is 5.26 Å². The van der Waals surface area contributed by atoms with Crippen molar-refractivity contribution in [2.24, 2.45) is 0 Å². The van der Waals surface area contributed by atoms with Crippen molar-refractivity contribution in [3.05, 3.63) is 77.9 Å². The van der Waals surface area contributed by atoms with Crippen LogP contribution in [0.25, 0.3) is 22.3 Å². The van der Waals surface area contributed by atoms with Gasteiger partial charge in [-0.25, -0.2) is 12.8 Å². The molecule has 0 saturated carbocycles. The van der Waals surface area contributed by atoms with Gasteiger partial charge >= 0.3 is 0 Å². The maximum Gasteiger partial charge on any atom is 0.175 e. The van der Waals surface area contributed by atoms with Crippen LogP contribution in [0, 0.1) is 17.1 Å². The fourth-order valence-corrected chi connectivity index (χ4v) is 3.66. The van der Waals surface area contributed by atoms with E-state index in [0.717, 1.165) is 11.8 Å². The molecule has 31 heavy (non-hydrogen) atoms. The summed E-state index contributed by atoms with van der Waals surface area (Å²) in [4.78, 5) is 4.21. The molecule has 0 atom stereocenters. The van der Waals surface area contributed by atoms with E-state index in [1.54, 1.807) is 24.4 Å². The number of sulfone groups is 1. The Morgan fingerprint density at radius 2 is 1.84 bits per heavy atom. The van der Waals surface area contributed by atoms with E-state index in [1.165, 1.54) is 30.5 Å². The third kappa shape index (κ3) is 5.36. The van der Waals surface area contributed by atoms with Gasteiger partial charge in [-0.3, -0.25) is 4.98 Å². The Balaban J connectivity index is 2.35. The van der Waals surface area contributed by atoms with Gasteiger partial charge in [-0.05, 0) is 61.4 Å². The number of nitriles is 1. The van der Waals surface area contributed by atoms with Crippen LogP contribution in [0.5, 0.6) is 5.75 Å². The SMILES string of the molecule is CC(C)=CCOc1cc(S(C)(=O)=O)cc(-c2ccc(F)cc2)c1-c1cncc(C#N)c1. The fraction of sp³-hybridized carbons (Fsp3) is 0.167. The summed E-state index contributed by atoms with van der Waals surface area (Å²) in [6, 6.07) is 12.5. The third-order valence-corrected chi connectivity index (χ3v) is 5.64. The Morgan fingerprint density at radius 1 is 1.13 bits per heavy atom. The van der Waals surface area contributed by atoms with Gasteiger partial charge in [0.05, 0.1) is 10.5 Å². The van der Waals surface area contributed by atoms with E-state index in [-0.39, 0.29) is 11.5 Å². The lowest BCUT2D eigenvalue weighted by Gasteiger charge is -2.18. The predicted octanol–water partition coefficient (Wildman–Crippen LogP) is 5.17. The molecular formula is C24H21FN2O3S. The van der Waals surface area contributed by atoms with Gasteiger partial charge in [-0.15, -0.1) is 0 Å². The van der Waals surface area contributed by atoms with Crippen molar-refractivity contribution in [2.75, 3.05) is 12.9 Å². The van der Waals surface area contributed by atoms with Crippen LogP contribution in [-0.2, 0) is 9.84 Å². The molecule has 0 aliphatic heterocycles. The number of ether oxygens (including phenoxy) is 1. The van der Waals surface area contributed by atoms with Gasteiger partial charge < -0.3 is 4.74 Å². The van der Waals surface area contributed by atoms with E-state index in [9.17, 15) is 18.1 Å². The van der Waals surface area contributed by atoms with Crippen molar-refractivity contribution in [2.45, 2.75) is 18.7 Å². The lowest BCUT2D eigenvalue weighted by Crippen LogP contribution is -2.03. The molecule has 3 rings (SSSR count). The molecule has 1 aromatic heterocycles. The van der Waals surface area contributed by atoms with Crippen LogP contribution in [0.3, 0.4) is 0 Å². The fourth-order valence-electron chi connectivity index (χ4n) is 3.01. The third-order valence-electron chi connectivity index (χ3n) is 4.55. The minimum absolute atomic E-state index is 0.0761. The zero-order chi connectivity index (χ0) is 22.6. The summed E-state index contributed by atoms with van der Waals surface area (Å²) in [5, 5.41) is 9.30. The number of hydrogen-bond acceptors (Lipinski definition) is 5. The first-order valence-corrected chi connectivity index (χ1v) is 11.3. The molecule has 0 saturated heterocycles. The van der Waals surface area contributed by atoms with Gasteiger partial charge in [0.1, 0.15) is 24.2 Å². The van der Waals surface area contributed by atoms with E-state index in [2.05, 4.69) is 11.1 Å². The quantitative estimate of drug-likeness (QED) is 0.498. The maximum atomic E-state index is 13.5. The molecule has 0 aliphatic rings. The average molecular weight is 437 g/mol. The molecule has 7 heteroatoms. The van der Waals surface area contributed by atoms with E-state index < -0.39 is 15.7 Å². The van der Waals surface area contributed by atoms with Crippen LogP contribution in [-0.4, -0.2) is 26.3 Å². The normalized spacial score (nSPS) is 10.9. The molecule has 0 spiro atoms. The first kappa shape index (κ1) is 22.2. The van der Waals surface area contributed by atoms with Crippen molar-refractivity contribution in [1.82, 2.24) is 4.98 Å². The Kier molecular flexibility index (Phi) is 6.52. The molecule has 0 fully saturated rings. The maximum absolute atomic E-state index is 13.5. The van der Waals surface area contributed by atoms with Crippen LogP contribution in [0.4, 0.5) is 4.39 Å². The summed E-state index contributed by atoms with van der Waals surface area (Å²) in [6.07, 6.45) is 6.01. The highest BCUT2D eigenvalue weighted by molar-refractivity contribution is 7.90. The number of hydrogen-bond donors (Lipinski definition) is 0. The van der Waals surface area contributed by atoms with Gasteiger partial charge in [0, 0.05) is 29.8 Å². The number of pyridine rings is 1. The van der Waals surface area contributed by atoms with Crippen LogP contribution in [0.15, 0.2) is 71.4 Å². The van der Waals surface area contributed by atoms with E-state index in [4.69, 9.17) is 4.74 Å². The molecule has 2 aromatic carbocycles. The highest BCUT2D eigenvalue weighted by Gasteiger charge is 2.20. The Labute approximate surface area is 181 Å². The van der Waals surface area contributed by atoms with Crippen molar-refractivity contribution >= 4 is 9.84 Å². The summed E-state index contributed by atoms with van der Waals surface area (Å²) in [6.45, 7) is 4.10. The molecule has 0 unspecified atom stereocenters. The minimum atomic E-state index is -3.55. The summed E-state index contributed by atoms with van der Waals surface area (Å²) in [5.41, 5.74) is 3.71. The predicted molar refractivity (Wildman–Crippen MR) is 118 cm³/mol. The molecule has 0 N–H and O–H groups in total. The first-order chi connectivity index (χ1) is 14.7. The van der Waals surface area contributed by atoms with Gasteiger partial charge in [0.2, 0.25) is 0 Å². The molecule has 0 amide bonds. The molecular weight excluding hydrogens is 415 g/mol. The second-order valence-corrected chi connectivity index (χ2v) is 9.31. The van der Waals surface area contributed by atoms with Crippen molar-refractivity contribution in [1.29, 1.82) is 5.26 Å². The number of benzene rings is 2. The lowest BCUT2D eigenvalue weighted by molar-refractivity contribution is 0.362. The van der Waals surface area contributed by atoms with Gasteiger partial charge in [-0.1, -0.05) is 17.7 Å². The summed E-state index contributed by atoms with van der Waals surface area (Å²) < 4.78 is 44.3. The summed E-state index contributed by atoms with van der Waals surface area (Å²) in [5.74, 6) is -0.0746. The van der Waals surface area contributed by atoms with Gasteiger partial charge in [0.25, 0.3) is 0 Å². The second kappa shape index (κ2) is 9.11. The monoisotopic (exact) mass is 436 g/mol. The molecule has 5 nitrogen and oxygen atoms in total. The largest absolute Gasteiger partial charge is 0.489 e. The number of rotatable bonds is 6. The Morgan fingerprint density at radius 3 is 2.45 bits per heavy atom. The molecule has 0 aliphatic carbocycles. The van der Waals surface area contributed by atoms with Crippen LogP contribution in [0.1, 0.15) is 19.4 Å². The lowest BCUT2D eigenvalue weighted by atomic mass is 9.94. The molecule has 3 aromatic rings. The van der Waals surface area contributed by atoms with E-state index in [0.29, 0.717) is 33.6 Å². The smallest absolute Gasteiger partial charge is 0.175 e. The molecule has 0 radical (unpaired) electrons. The highest BCUT2D eigenvalue weighted by Crippen LogP contribution is 2.41.